The number of ether oxygens (including phenoxy) is 3. The Kier molecular flexibility index (Phi) is 16.0. The first-order valence-electron chi connectivity index (χ1n) is 24.1. The van der Waals surface area contributed by atoms with Crippen molar-refractivity contribution in [3.8, 4) is 33.5 Å². The minimum absolute atomic E-state index is 0.0375. The molecule has 3 amide bonds. The molecular weight excluding hydrogens is 1040 g/mol. The Hall–Kier alpha value is -6.55. The van der Waals surface area contributed by atoms with Gasteiger partial charge in [-0.2, -0.15) is 18.4 Å². The van der Waals surface area contributed by atoms with Gasteiger partial charge in [0.15, 0.2) is 10.9 Å². The number of alkyl halides is 5. The maximum absolute atomic E-state index is 15.4. The minimum atomic E-state index is -5.23. The number of nitrogens with one attached hydrogen (secondary N) is 2. The number of thiocarbonyl (C=S) groups is 1. The molecule has 3 fully saturated rings. The van der Waals surface area contributed by atoms with Crippen molar-refractivity contribution < 1.29 is 60.0 Å². The summed E-state index contributed by atoms with van der Waals surface area (Å²) in [7, 11) is 0. The molecule has 8 rings (SSSR count). The zero-order valence-electron chi connectivity index (χ0n) is 42.1. The number of aliphatic hydroxyl groups is 1. The zero-order valence-corrected chi connectivity index (χ0v) is 43.7. The molecule has 0 radical (unpaired) electrons. The van der Waals surface area contributed by atoms with Crippen LogP contribution in [0, 0.1) is 29.5 Å². The van der Waals surface area contributed by atoms with Crippen LogP contribution < -0.4 is 25.2 Å². The van der Waals surface area contributed by atoms with Crippen LogP contribution in [0.2, 0.25) is 0 Å². The monoisotopic (exact) mass is 1090 g/mol. The topological polar surface area (TPSA) is 186 Å². The number of anilines is 2. The lowest BCUT2D eigenvalue weighted by Crippen LogP contribution is -2.57. The van der Waals surface area contributed by atoms with Crippen LogP contribution in [0.25, 0.3) is 21.7 Å². The Morgan fingerprint density at radius 1 is 1.01 bits per heavy atom. The summed E-state index contributed by atoms with van der Waals surface area (Å²) in [5, 5.41) is 25.6. The lowest BCUT2D eigenvalue weighted by atomic mass is 9.85. The van der Waals surface area contributed by atoms with E-state index < -0.39 is 108 Å². The average Bonchev–Trinajstić information content (AvgIpc) is 3.80. The molecule has 76 heavy (non-hydrogen) atoms. The molecular formula is C53H54F6N8O7S2. The van der Waals surface area contributed by atoms with Crippen molar-refractivity contribution in [2.75, 3.05) is 36.2 Å². The third-order valence-corrected chi connectivity index (χ3v) is 14.6. The summed E-state index contributed by atoms with van der Waals surface area (Å²) >= 11 is 7.09. The van der Waals surface area contributed by atoms with E-state index in [2.05, 4.69) is 20.6 Å². The number of rotatable bonds is 18. The highest BCUT2D eigenvalue weighted by molar-refractivity contribution is 7.81. The second kappa shape index (κ2) is 21.8. The molecule has 5 heterocycles. The SMILES string of the molecule is Cc1ncsc1-c1ccc(CNC2OC2[C@@H]2C[C@@H](O)CN2C(=O)[C@@H](NC(=O)COCC(F)(F)CCOc2ccc(-c3ccc(N4C(=S)N(c5ccc(C#N)c(C(F)(F)F)c5F)C(=O)C4(C)C)cn3)cc2)C(C)(C)C)cc1. The fraction of sp³-hybridized carbons (Fsp3) is 0.415. The van der Waals surface area contributed by atoms with Crippen LogP contribution in [-0.4, -0.2) is 111 Å². The second-order valence-electron chi connectivity index (χ2n) is 20.3. The Balaban J connectivity index is 0.789. The summed E-state index contributed by atoms with van der Waals surface area (Å²) in [4.78, 5) is 54.2. The van der Waals surface area contributed by atoms with Gasteiger partial charge >= 0.3 is 6.18 Å². The number of hydrogen-bond acceptors (Lipinski definition) is 13. The summed E-state index contributed by atoms with van der Waals surface area (Å²) in [6.07, 6.45) is -5.88. The standard InChI is InChI=1S/C53H54F6N8O7S2/c1-29-44(76-28-63-29)32-9-7-30(8-10-32)23-62-46-43(74-46)39-21-35(68)25-65(39)47(70)45(50(2,3)4)64-40(69)26-72-27-52(55,56)19-20-73-36-15-11-31(12-16-36)37-17-14-34(24-61-37)67-49(75)66(48(71)51(67,5)6)38-18-13-33(22-60)41(42(38)54)53(57,58)59/h7-18,24,28,35,39,43,45-46,62,68H,19-21,23,25-27H2,1-6H3,(H,64,69)/t35-,39+,43?,45-,46?/m1/s1. The highest BCUT2D eigenvalue weighted by Crippen LogP contribution is 2.43. The van der Waals surface area contributed by atoms with Crippen molar-refractivity contribution in [2.24, 2.45) is 5.41 Å². The molecule has 402 valence electrons. The normalized spacial score (nSPS) is 20.0. The molecule has 15 nitrogen and oxygen atoms in total. The first kappa shape index (κ1) is 55.7. The van der Waals surface area contributed by atoms with Crippen LogP contribution in [0.1, 0.15) is 69.8 Å². The van der Waals surface area contributed by atoms with E-state index in [1.807, 2.05) is 36.7 Å². The summed E-state index contributed by atoms with van der Waals surface area (Å²) in [5.74, 6) is -6.97. The number of nitrogens with zero attached hydrogens (tertiary/aromatic N) is 6. The van der Waals surface area contributed by atoms with Crippen LogP contribution in [0.15, 0.2) is 84.5 Å². The number of amides is 3. The third-order valence-electron chi connectivity index (χ3n) is 13.3. The number of carbonyl (C=O) groups is 3. The van der Waals surface area contributed by atoms with Gasteiger partial charge in [-0.25, -0.2) is 18.2 Å². The number of likely N-dealkylation sites (tertiary alicyclic amines) is 1. The lowest BCUT2D eigenvalue weighted by Gasteiger charge is -2.35. The van der Waals surface area contributed by atoms with Gasteiger partial charge in [-0.1, -0.05) is 45.0 Å². The first-order chi connectivity index (χ1) is 35.8. The fourth-order valence-corrected chi connectivity index (χ4v) is 10.5. The number of aryl methyl sites for hydroxylation is 1. The van der Waals surface area contributed by atoms with Gasteiger partial charge in [-0.3, -0.25) is 29.6 Å². The van der Waals surface area contributed by atoms with Gasteiger partial charge in [0.2, 0.25) is 11.8 Å². The number of hydrogen-bond donors (Lipinski definition) is 3. The van der Waals surface area contributed by atoms with Crippen molar-refractivity contribution in [2.45, 2.75) is 109 Å². The van der Waals surface area contributed by atoms with Gasteiger partial charge < -0.3 is 34.4 Å². The highest BCUT2D eigenvalue weighted by Gasteiger charge is 2.54. The van der Waals surface area contributed by atoms with E-state index in [-0.39, 0.29) is 41.8 Å². The van der Waals surface area contributed by atoms with Crippen molar-refractivity contribution in [3.63, 3.8) is 0 Å². The number of carbonyl (C=O) groups excluding carboxylic acids is 3. The number of β-amino-alcohol motifs (C(OH)–C–C–N with tert-alkyl or cyclic N) is 1. The van der Waals surface area contributed by atoms with Crippen LogP contribution in [0.5, 0.6) is 5.75 Å². The van der Waals surface area contributed by atoms with Gasteiger partial charge in [-0.05, 0) is 104 Å². The number of benzene rings is 3. The molecule has 2 aromatic heterocycles. The van der Waals surface area contributed by atoms with E-state index in [9.17, 15) is 46.7 Å². The molecule has 3 aliphatic rings. The molecule has 3 aliphatic heterocycles. The predicted molar refractivity (Wildman–Crippen MR) is 274 cm³/mol. The highest BCUT2D eigenvalue weighted by atomic mass is 32.1. The molecule has 0 spiro atoms. The zero-order chi connectivity index (χ0) is 55.1. The number of aliphatic hydroxyl groups excluding tert-OH is 1. The second-order valence-corrected chi connectivity index (χ2v) is 21.5. The fourth-order valence-electron chi connectivity index (χ4n) is 9.22. The van der Waals surface area contributed by atoms with Crippen molar-refractivity contribution in [1.29, 1.82) is 5.26 Å². The molecule has 3 saturated heterocycles. The lowest BCUT2D eigenvalue weighted by molar-refractivity contribution is -0.143. The predicted octanol–water partition coefficient (Wildman–Crippen LogP) is 8.56. The maximum atomic E-state index is 15.4. The quantitative estimate of drug-likeness (QED) is 0.0431. The largest absolute Gasteiger partial charge is 0.493 e. The van der Waals surface area contributed by atoms with Crippen LogP contribution in [-0.2, 0) is 36.6 Å². The van der Waals surface area contributed by atoms with E-state index in [1.54, 1.807) is 56.4 Å². The van der Waals surface area contributed by atoms with Crippen LogP contribution in [0.3, 0.4) is 0 Å². The Morgan fingerprint density at radius 2 is 1.71 bits per heavy atom. The number of aromatic nitrogens is 2. The van der Waals surface area contributed by atoms with E-state index in [0.29, 0.717) is 22.7 Å². The Labute approximate surface area is 443 Å². The molecule has 2 unspecified atom stereocenters. The molecule has 23 heteroatoms. The van der Waals surface area contributed by atoms with E-state index >= 15 is 4.39 Å². The van der Waals surface area contributed by atoms with Crippen LogP contribution in [0.4, 0.5) is 37.7 Å². The summed E-state index contributed by atoms with van der Waals surface area (Å²) in [6, 6.07) is 19.1. The Morgan fingerprint density at radius 3 is 2.33 bits per heavy atom. The molecule has 5 aromatic rings. The average molecular weight is 1090 g/mol. The number of epoxide rings is 1. The van der Waals surface area contributed by atoms with Gasteiger partial charge in [0.25, 0.3) is 11.8 Å². The summed E-state index contributed by atoms with van der Waals surface area (Å²) in [6.45, 7) is 8.47. The number of pyridine rings is 1. The summed E-state index contributed by atoms with van der Waals surface area (Å²) < 4.78 is 103. The molecule has 0 aliphatic carbocycles. The number of thiazole rings is 1. The molecule has 0 saturated carbocycles. The minimum Gasteiger partial charge on any atom is -0.493 e. The summed E-state index contributed by atoms with van der Waals surface area (Å²) in [5.41, 5.74) is 0.364. The smallest absolute Gasteiger partial charge is 0.420 e. The molecule has 3 aromatic carbocycles. The van der Waals surface area contributed by atoms with Crippen LogP contribution >= 0.6 is 23.6 Å². The number of halogens is 6. The Bertz CT molecular complexity index is 3020. The van der Waals surface area contributed by atoms with Gasteiger partial charge in [0.05, 0.1) is 69.7 Å². The van der Waals surface area contributed by atoms with Gasteiger partial charge in [0, 0.05) is 25.1 Å². The van der Waals surface area contributed by atoms with Crippen molar-refractivity contribution in [3.05, 3.63) is 113 Å². The molecule has 3 N–H and O–H groups in total. The van der Waals surface area contributed by atoms with E-state index in [4.69, 9.17) is 26.4 Å². The maximum Gasteiger partial charge on any atom is 0.420 e. The third kappa shape index (κ3) is 12.0. The van der Waals surface area contributed by atoms with Gasteiger partial charge in [0.1, 0.15) is 48.4 Å². The first-order valence-corrected chi connectivity index (χ1v) is 25.4. The molecule has 5 atom stereocenters. The van der Waals surface area contributed by atoms with E-state index in [1.165, 1.54) is 48.0 Å². The van der Waals surface area contributed by atoms with Crippen molar-refractivity contribution >= 4 is 57.8 Å². The van der Waals surface area contributed by atoms with Crippen molar-refractivity contribution in [1.82, 2.24) is 25.5 Å². The van der Waals surface area contributed by atoms with E-state index in [0.717, 1.165) is 33.8 Å². The number of nitriles is 1. The van der Waals surface area contributed by atoms with Gasteiger partial charge in [-0.15, -0.1) is 11.3 Å². The molecule has 0 bridgehead atoms.